The van der Waals surface area contributed by atoms with Crippen molar-refractivity contribution in [3.8, 4) is 0 Å². The van der Waals surface area contributed by atoms with Gasteiger partial charge in [-0.25, -0.2) is 0 Å². The average molecular weight is 314 g/mol. The molecule has 1 atom stereocenters. The summed E-state index contributed by atoms with van der Waals surface area (Å²) in [4.78, 5) is 12.6. The zero-order valence-electron chi connectivity index (χ0n) is 12.7. The Morgan fingerprint density at radius 1 is 1.14 bits per heavy atom. The van der Waals surface area contributed by atoms with Gasteiger partial charge in [-0.3, -0.25) is 4.79 Å². The molecule has 2 aromatic carbocycles. The molecule has 0 saturated heterocycles. The second-order valence-corrected chi connectivity index (χ2v) is 6.55. The Morgan fingerprint density at radius 2 is 1.77 bits per heavy atom. The molecule has 1 aliphatic rings. The fraction of sp³-hybridized carbons (Fsp3) is 0.316. The fourth-order valence-corrected chi connectivity index (χ4v) is 2.98. The summed E-state index contributed by atoms with van der Waals surface area (Å²) in [5.41, 5.74) is 1.99. The predicted octanol–water partition coefficient (Wildman–Crippen LogP) is 4.29. The Bertz CT molecular complexity index is 647. The molecular weight excluding hydrogens is 294 g/mol. The van der Waals surface area contributed by atoms with Gasteiger partial charge in [0.1, 0.15) is 0 Å². The smallest absolute Gasteiger partial charge is 0.230 e. The van der Waals surface area contributed by atoms with Crippen LogP contribution in [0.15, 0.2) is 54.6 Å². The van der Waals surface area contributed by atoms with E-state index in [0.29, 0.717) is 17.5 Å². The number of hydrogen-bond acceptors (Lipinski definition) is 1. The van der Waals surface area contributed by atoms with Gasteiger partial charge < -0.3 is 5.32 Å². The SMILES string of the molecule is CC(CNC(=O)C1(c2ccc(Cl)cc2)CC1)c1ccccc1. The Balaban J connectivity index is 1.64. The van der Waals surface area contributed by atoms with E-state index in [4.69, 9.17) is 11.6 Å². The Morgan fingerprint density at radius 3 is 2.36 bits per heavy atom. The van der Waals surface area contributed by atoms with Gasteiger partial charge in [0.25, 0.3) is 0 Å². The van der Waals surface area contributed by atoms with Crippen molar-refractivity contribution in [1.82, 2.24) is 5.32 Å². The Labute approximate surface area is 136 Å². The second-order valence-electron chi connectivity index (χ2n) is 6.11. The zero-order chi connectivity index (χ0) is 15.6. The molecule has 22 heavy (non-hydrogen) atoms. The highest BCUT2D eigenvalue weighted by Gasteiger charge is 2.51. The Kier molecular flexibility index (Phi) is 4.21. The molecule has 0 spiro atoms. The molecule has 1 amide bonds. The molecule has 0 radical (unpaired) electrons. The van der Waals surface area contributed by atoms with Crippen LogP contribution in [0.25, 0.3) is 0 Å². The molecule has 1 N–H and O–H groups in total. The van der Waals surface area contributed by atoms with Crippen LogP contribution < -0.4 is 5.32 Å². The van der Waals surface area contributed by atoms with Gasteiger partial charge in [-0.1, -0.05) is 61.0 Å². The fourth-order valence-electron chi connectivity index (χ4n) is 2.86. The first kappa shape index (κ1) is 15.1. The molecule has 1 saturated carbocycles. The van der Waals surface area contributed by atoms with Crippen LogP contribution >= 0.6 is 11.6 Å². The van der Waals surface area contributed by atoms with Crippen molar-refractivity contribution < 1.29 is 4.79 Å². The van der Waals surface area contributed by atoms with E-state index in [9.17, 15) is 4.79 Å². The third-order valence-electron chi connectivity index (χ3n) is 4.52. The van der Waals surface area contributed by atoms with E-state index in [0.717, 1.165) is 18.4 Å². The lowest BCUT2D eigenvalue weighted by Gasteiger charge is -2.18. The topological polar surface area (TPSA) is 29.1 Å². The third-order valence-corrected chi connectivity index (χ3v) is 4.77. The van der Waals surface area contributed by atoms with Crippen molar-refractivity contribution in [2.75, 3.05) is 6.54 Å². The van der Waals surface area contributed by atoms with Crippen molar-refractivity contribution in [2.24, 2.45) is 0 Å². The largest absolute Gasteiger partial charge is 0.355 e. The quantitative estimate of drug-likeness (QED) is 0.876. The molecule has 0 heterocycles. The van der Waals surface area contributed by atoms with Gasteiger partial charge in [-0.15, -0.1) is 0 Å². The van der Waals surface area contributed by atoms with Crippen LogP contribution in [0, 0.1) is 0 Å². The summed E-state index contributed by atoms with van der Waals surface area (Å²) in [5, 5.41) is 3.83. The monoisotopic (exact) mass is 313 g/mol. The maximum atomic E-state index is 12.6. The van der Waals surface area contributed by atoms with Crippen LogP contribution in [0.3, 0.4) is 0 Å². The van der Waals surface area contributed by atoms with E-state index in [1.165, 1.54) is 5.56 Å². The summed E-state index contributed by atoms with van der Waals surface area (Å²) < 4.78 is 0. The lowest BCUT2D eigenvalue weighted by molar-refractivity contribution is -0.123. The summed E-state index contributed by atoms with van der Waals surface area (Å²) in [6.45, 7) is 2.80. The van der Waals surface area contributed by atoms with Gasteiger partial charge >= 0.3 is 0 Å². The number of hydrogen-bond donors (Lipinski definition) is 1. The number of nitrogens with one attached hydrogen (secondary N) is 1. The van der Waals surface area contributed by atoms with Gasteiger partial charge in [-0.2, -0.15) is 0 Å². The van der Waals surface area contributed by atoms with Crippen LogP contribution in [0.5, 0.6) is 0 Å². The normalized spacial score (nSPS) is 16.8. The lowest BCUT2D eigenvalue weighted by atomic mass is 9.94. The summed E-state index contributed by atoms with van der Waals surface area (Å²) in [6, 6.07) is 17.9. The third kappa shape index (κ3) is 3.02. The molecule has 0 aromatic heterocycles. The molecule has 1 aliphatic carbocycles. The molecule has 114 valence electrons. The number of carbonyl (C=O) groups is 1. The number of rotatable bonds is 5. The molecular formula is C19H20ClNO. The highest BCUT2D eigenvalue weighted by molar-refractivity contribution is 6.30. The van der Waals surface area contributed by atoms with Crippen molar-refractivity contribution in [3.63, 3.8) is 0 Å². The van der Waals surface area contributed by atoms with Crippen molar-refractivity contribution >= 4 is 17.5 Å². The standard InChI is InChI=1S/C19H20ClNO/c1-14(15-5-3-2-4-6-15)13-21-18(22)19(11-12-19)16-7-9-17(20)10-8-16/h2-10,14H,11-13H2,1H3,(H,21,22). The predicted molar refractivity (Wildman–Crippen MR) is 90.2 cm³/mol. The van der Waals surface area contributed by atoms with Gasteiger partial charge in [0.15, 0.2) is 0 Å². The summed E-state index contributed by atoms with van der Waals surface area (Å²) in [6.07, 6.45) is 1.83. The first-order chi connectivity index (χ1) is 10.6. The van der Waals surface area contributed by atoms with Crippen LogP contribution in [-0.4, -0.2) is 12.5 Å². The minimum Gasteiger partial charge on any atom is -0.355 e. The molecule has 3 heteroatoms. The highest BCUT2D eigenvalue weighted by Crippen LogP contribution is 2.48. The Hall–Kier alpha value is -1.80. The number of benzene rings is 2. The maximum absolute atomic E-state index is 12.6. The molecule has 2 nitrogen and oxygen atoms in total. The minimum absolute atomic E-state index is 0.137. The summed E-state index contributed by atoms with van der Waals surface area (Å²) in [5.74, 6) is 0.448. The summed E-state index contributed by atoms with van der Waals surface area (Å²) >= 11 is 5.93. The van der Waals surface area contributed by atoms with E-state index in [1.807, 2.05) is 42.5 Å². The zero-order valence-corrected chi connectivity index (χ0v) is 13.4. The van der Waals surface area contributed by atoms with Crippen molar-refractivity contribution in [2.45, 2.75) is 31.1 Å². The minimum atomic E-state index is -0.332. The lowest BCUT2D eigenvalue weighted by Crippen LogP contribution is -2.36. The second kappa shape index (κ2) is 6.13. The van der Waals surface area contributed by atoms with Crippen LogP contribution in [-0.2, 0) is 10.2 Å². The van der Waals surface area contributed by atoms with E-state index in [-0.39, 0.29) is 11.3 Å². The molecule has 1 fully saturated rings. The van der Waals surface area contributed by atoms with E-state index in [2.05, 4.69) is 24.4 Å². The van der Waals surface area contributed by atoms with Gasteiger partial charge in [0.2, 0.25) is 5.91 Å². The summed E-state index contributed by atoms with van der Waals surface area (Å²) in [7, 11) is 0. The number of carbonyl (C=O) groups excluding carboxylic acids is 1. The van der Waals surface area contributed by atoms with Crippen molar-refractivity contribution in [1.29, 1.82) is 0 Å². The molecule has 0 aliphatic heterocycles. The first-order valence-electron chi connectivity index (χ1n) is 7.71. The molecule has 3 rings (SSSR count). The highest BCUT2D eigenvalue weighted by atomic mass is 35.5. The van der Waals surface area contributed by atoms with E-state index < -0.39 is 0 Å². The molecule has 1 unspecified atom stereocenters. The van der Waals surface area contributed by atoms with Crippen LogP contribution in [0.4, 0.5) is 0 Å². The van der Waals surface area contributed by atoms with Gasteiger partial charge in [-0.05, 0) is 42.0 Å². The van der Waals surface area contributed by atoms with E-state index in [1.54, 1.807) is 0 Å². The maximum Gasteiger partial charge on any atom is 0.230 e. The average Bonchev–Trinajstić information content (AvgIpc) is 3.35. The number of amides is 1. The van der Waals surface area contributed by atoms with Gasteiger partial charge in [0.05, 0.1) is 5.41 Å². The van der Waals surface area contributed by atoms with Crippen molar-refractivity contribution in [3.05, 3.63) is 70.7 Å². The molecule has 0 bridgehead atoms. The van der Waals surface area contributed by atoms with Crippen LogP contribution in [0.1, 0.15) is 36.8 Å². The number of halogens is 1. The van der Waals surface area contributed by atoms with E-state index >= 15 is 0 Å². The van der Waals surface area contributed by atoms with Crippen LogP contribution in [0.2, 0.25) is 5.02 Å². The van der Waals surface area contributed by atoms with Gasteiger partial charge in [0, 0.05) is 11.6 Å². The first-order valence-corrected chi connectivity index (χ1v) is 8.09. The molecule has 2 aromatic rings.